The zero-order valence-corrected chi connectivity index (χ0v) is 16.4. The fourth-order valence-corrected chi connectivity index (χ4v) is 4.85. The molecule has 3 heterocycles. The highest BCUT2D eigenvalue weighted by Gasteiger charge is 2.26. The van der Waals surface area contributed by atoms with E-state index in [4.69, 9.17) is 11.6 Å². The highest BCUT2D eigenvalue weighted by atomic mass is 35.5. The number of fused-ring (bicyclic) bond motifs is 1. The molecule has 0 saturated carbocycles. The van der Waals surface area contributed by atoms with Gasteiger partial charge in [-0.05, 0) is 50.1 Å². The summed E-state index contributed by atoms with van der Waals surface area (Å²) in [5.74, 6) is 0.892. The first-order valence-electron chi connectivity index (χ1n) is 8.75. The van der Waals surface area contributed by atoms with Crippen LogP contribution in [0.2, 0.25) is 5.02 Å². The lowest BCUT2D eigenvalue weighted by atomic mass is 10.1. The number of hydrogen-bond donors (Lipinski definition) is 2. The van der Waals surface area contributed by atoms with E-state index in [9.17, 15) is 8.42 Å². The number of H-pyrrole nitrogens is 1. The largest absolute Gasteiger partial charge is 0.356 e. The maximum Gasteiger partial charge on any atom is 0.240 e. The van der Waals surface area contributed by atoms with E-state index in [0.29, 0.717) is 17.9 Å². The number of aryl methyl sites for hydroxylation is 1. The van der Waals surface area contributed by atoms with Crippen molar-refractivity contribution in [2.24, 2.45) is 0 Å². The molecule has 0 radical (unpaired) electrons. The molecule has 2 aromatic heterocycles. The van der Waals surface area contributed by atoms with Crippen LogP contribution in [0.1, 0.15) is 18.5 Å². The molecule has 0 unspecified atom stereocenters. The van der Waals surface area contributed by atoms with E-state index in [0.717, 1.165) is 35.6 Å². The minimum Gasteiger partial charge on any atom is -0.356 e. The normalized spacial score (nSPS) is 16.1. The van der Waals surface area contributed by atoms with Gasteiger partial charge in [0.25, 0.3) is 0 Å². The SMILES string of the molecule is Cc1cc2c(N3CCC(NS(=O)(=O)c4ccc(Cl)cc4)CC3)ncnc2[nH]1. The first-order chi connectivity index (χ1) is 12.9. The molecule has 0 aliphatic carbocycles. The molecule has 0 amide bonds. The lowest BCUT2D eigenvalue weighted by molar-refractivity contribution is 0.459. The minimum atomic E-state index is -3.55. The molecule has 142 valence electrons. The quantitative estimate of drug-likeness (QED) is 0.696. The number of nitrogens with one attached hydrogen (secondary N) is 2. The molecule has 1 aromatic carbocycles. The third-order valence-corrected chi connectivity index (χ3v) is 6.57. The Labute approximate surface area is 162 Å². The Morgan fingerprint density at radius 1 is 1.19 bits per heavy atom. The first kappa shape index (κ1) is 18.2. The third kappa shape index (κ3) is 3.78. The van der Waals surface area contributed by atoms with Crippen LogP contribution in [0.15, 0.2) is 41.6 Å². The molecule has 3 aromatic rings. The minimum absolute atomic E-state index is 0.104. The van der Waals surface area contributed by atoms with Crippen molar-refractivity contribution in [3.63, 3.8) is 0 Å². The molecule has 27 heavy (non-hydrogen) atoms. The lowest BCUT2D eigenvalue weighted by Crippen LogP contribution is -2.44. The number of aromatic amines is 1. The summed E-state index contributed by atoms with van der Waals surface area (Å²) in [5, 5.41) is 1.51. The van der Waals surface area contributed by atoms with Gasteiger partial charge in [0.15, 0.2) is 0 Å². The Balaban J connectivity index is 1.45. The van der Waals surface area contributed by atoms with Crippen molar-refractivity contribution >= 4 is 38.5 Å². The summed E-state index contributed by atoms with van der Waals surface area (Å²) >= 11 is 5.84. The van der Waals surface area contributed by atoms with E-state index in [-0.39, 0.29) is 10.9 Å². The van der Waals surface area contributed by atoms with E-state index >= 15 is 0 Å². The van der Waals surface area contributed by atoms with Gasteiger partial charge in [-0.25, -0.2) is 23.1 Å². The van der Waals surface area contributed by atoms with Gasteiger partial charge in [0, 0.05) is 29.8 Å². The molecule has 1 aliphatic rings. The molecule has 0 bridgehead atoms. The van der Waals surface area contributed by atoms with E-state index in [2.05, 4.69) is 24.6 Å². The summed E-state index contributed by atoms with van der Waals surface area (Å²) in [6.07, 6.45) is 2.98. The predicted octanol–water partition coefficient (Wildman–Crippen LogP) is 2.87. The maximum absolute atomic E-state index is 12.5. The van der Waals surface area contributed by atoms with Gasteiger partial charge in [-0.2, -0.15) is 0 Å². The standard InChI is InChI=1S/C18H20ClN5O2S/c1-12-10-16-17(22-12)20-11-21-18(16)24-8-6-14(7-9-24)23-27(25,26)15-4-2-13(19)3-5-15/h2-5,10-11,14,23H,6-9H2,1H3,(H,20,21,22). The van der Waals surface area contributed by atoms with Gasteiger partial charge in [-0.15, -0.1) is 0 Å². The summed E-state index contributed by atoms with van der Waals surface area (Å²) < 4.78 is 27.9. The first-order valence-corrected chi connectivity index (χ1v) is 10.6. The van der Waals surface area contributed by atoms with Gasteiger partial charge in [-0.1, -0.05) is 11.6 Å². The zero-order chi connectivity index (χ0) is 19.0. The molecule has 9 heteroatoms. The average Bonchev–Trinajstić information content (AvgIpc) is 3.02. The van der Waals surface area contributed by atoms with Crippen molar-refractivity contribution in [1.29, 1.82) is 0 Å². The topological polar surface area (TPSA) is 91.0 Å². The molecule has 7 nitrogen and oxygen atoms in total. The number of nitrogens with zero attached hydrogens (tertiary/aromatic N) is 3. The lowest BCUT2D eigenvalue weighted by Gasteiger charge is -2.33. The van der Waals surface area contributed by atoms with Gasteiger partial charge >= 0.3 is 0 Å². The molecule has 0 spiro atoms. The van der Waals surface area contributed by atoms with Crippen molar-refractivity contribution in [2.45, 2.75) is 30.7 Å². The molecule has 1 saturated heterocycles. The maximum atomic E-state index is 12.5. The van der Waals surface area contributed by atoms with E-state index in [1.807, 2.05) is 13.0 Å². The second-order valence-electron chi connectivity index (χ2n) is 6.75. The summed E-state index contributed by atoms with van der Waals surface area (Å²) in [5.41, 5.74) is 1.86. The fraction of sp³-hybridized carbons (Fsp3) is 0.333. The molecular weight excluding hydrogens is 386 g/mol. The van der Waals surface area contributed by atoms with Crippen LogP contribution >= 0.6 is 11.6 Å². The summed E-state index contributed by atoms with van der Waals surface area (Å²) in [7, 11) is -3.55. The van der Waals surface area contributed by atoms with Gasteiger partial charge in [-0.3, -0.25) is 0 Å². The summed E-state index contributed by atoms with van der Waals surface area (Å²) in [6, 6.07) is 8.14. The van der Waals surface area contributed by atoms with Crippen molar-refractivity contribution in [3.8, 4) is 0 Å². The van der Waals surface area contributed by atoms with Crippen LogP contribution in [-0.2, 0) is 10.0 Å². The Hall–Kier alpha value is -2.16. The highest BCUT2D eigenvalue weighted by molar-refractivity contribution is 7.89. The number of halogens is 1. The Bertz CT molecular complexity index is 1060. The van der Waals surface area contributed by atoms with Crippen LogP contribution in [-0.4, -0.2) is 42.5 Å². The Morgan fingerprint density at radius 2 is 1.89 bits per heavy atom. The van der Waals surface area contributed by atoms with Crippen molar-refractivity contribution < 1.29 is 8.42 Å². The van der Waals surface area contributed by atoms with Crippen molar-refractivity contribution in [2.75, 3.05) is 18.0 Å². The van der Waals surface area contributed by atoms with E-state index in [1.165, 1.54) is 12.1 Å². The van der Waals surface area contributed by atoms with Crippen LogP contribution in [0, 0.1) is 6.92 Å². The number of benzene rings is 1. The van der Waals surface area contributed by atoms with Crippen LogP contribution in [0.4, 0.5) is 5.82 Å². The second-order valence-corrected chi connectivity index (χ2v) is 8.90. The monoisotopic (exact) mass is 405 g/mol. The van der Waals surface area contributed by atoms with Crippen molar-refractivity contribution in [1.82, 2.24) is 19.7 Å². The van der Waals surface area contributed by atoms with E-state index in [1.54, 1.807) is 18.5 Å². The number of rotatable bonds is 4. The molecule has 4 rings (SSSR count). The number of anilines is 1. The van der Waals surface area contributed by atoms with Gasteiger partial charge in [0.1, 0.15) is 17.8 Å². The Morgan fingerprint density at radius 3 is 2.59 bits per heavy atom. The molecular formula is C18H20ClN5O2S. The molecule has 1 aliphatic heterocycles. The Kier molecular flexibility index (Phi) is 4.79. The summed E-state index contributed by atoms with van der Waals surface area (Å²) in [4.78, 5) is 14.3. The van der Waals surface area contributed by atoms with Gasteiger partial charge in [0.2, 0.25) is 10.0 Å². The van der Waals surface area contributed by atoms with Crippen LogP contribution < -0.4 is 9.62 Å². The number of sulfonamides is 1. The zero-order valence-electron chi connectivity index (χ0n) is 14.8. The fourth-order valence-electron chi connectivity index (χ4n) is 3.42. The predicted molar refractivity (Wildman–Crippen MR) is 106 cm³/mol. The van der Waals surface area contributed by atoms with E-state index < -0.39 is 10.0 Å². The molecule has 2 N–H and O–H groups in total. The number of piperidine rings is 1. The van der Waals surface area contributed by atoms with Gasteiger partial charge < -0.3 is 9.88 Å². The number of aromatic nitrogens is 3. The van der Waals surface area contributed by atoms with Crippen LogP contribution in [0.5, 0.6) is 0 Å². The second kappa shape index (κ2) is 7.10. The van der Waals surface area contributed by atoms with Gasteiger partial charge in [0.05, 0.1) is 10.3 Å². The van der Waals surface area contributed by atoms with Crippen LogP contribution in [0.3, 0.4) is 0 Å². The molecule has 0 atom stereocenters. The molecule has 1 fully saturated rings. The number of hydrogen-bond acceptors (Lipinski definition) is 5. The average molecular weight is 406 g/mol. The van der Waals surface area contributed by atoms with Crippen molar-refractivity contribution in [3.05, 3.63) is 47.4 Å². The third-order valence-electron chi connectivity index (χ3n) is 4.78. The van der Waals surface area contributed by atoms with Crippen LogP contribution in [0.25, 0.3) is 11.0 Å². The summed E-state index contributed by atoms with van der Waals surface area (Å²) in [6.45, 7) is 3.44. The highest BCUT2D eigenvalue weighted by Crippen LogP contribution is 2.26. The smallest absolute Gasteiger partial charge is 0.240 e.